The van der Waals surface area contributed by atoms with Crippen LogP contribution in [0.2, 0.25) is 0 Å². The van der Waals surface area contributed by atoms with Gasteiger partial charge in [-0.05, 0) is 30.3 Å². The van der Waals surface area contributed by atoms with Crippen LogP contribution in [0.25, 0.3) is 10.3 Å². The lowest BCUT2D eigenvalue weighted by Gasteiger charge is -2.20. The summed E-state index contributed by atoms with van der Waals surface area (Å²) < 4.78 is 46.6. The number of nitrogens with zero attached hydrogens (tertiary/aromatic N) is 2. The maximum absolute atomic E-state index is 13.5. The number of fused-ring (bicyclic) bond motifs is 2. The highest BCUT2D eigenvalue weighted by Gasteiger charge is 2.29. The fourth-order valence-electron chi connectivity index (χ4n) is 3.60. The van der Waals surface area contributed by atoms with Crippen LogP contribution < -0.4 is 18.9 Å². The average molecular weight is 484 g/mol. The van der Waals surface area contributed by atoms with Gasteiger partial charge in [0.05, 0.1) is 25.2 Å². The van der Waals surface area contributed by atoms with Crippen molar-refractivity contribution in [1.29, 1.82) is 0 Å². The number of pyridine rings is 1. The van der Waals surface area contributed by atoms with E-state index in [-0.39, 0.29) is 4.90 Å². The molecule has 33 heavy (non-hydrogen) atoms. The molecule has 0 radical (unpaired) electrons. The van der Waals surface area contributed by atoms with Crippen molar-refractivity contribution in [2.75, 3.05) is 20.3 Å². The fraction of sp³-hybridized carbons (Fsp3) is 0.217. The van der Waals surface area contributed by atoms with E-state index in [9.17, 15) is 8.42 Å². The second kappa shape index (κ2) is 8.97. The fourth-order valence-corrected chi connectivity index (χ4v) is 5.84. The molecule has 1 atom stereocenters. The Hall–Kier alpha value is -3.21. The van der Waals surface area contributed by atoms with E-state index in [1.165, 1.54) is 23.5 Å². The Morgan fingerprint density at radius 2 is 1.88 bits per heavy atom. The smallest absolute Gasteiger partial charge is 0.241 e. The first-order valence-corrected chi connectivity index (χ1v) is 12.6. The maximum atomic E-state index is 13.5. The molecule has 0 fully saturated rings. The molecule has 8 nitrogen and oxygen atoms in total. The van der Waals surface area contributed by atoms with E-state index in [0.29, 0.717) is 46.6 Å². The number of para-hydroxylation sites is 1. The summed E-state index contributed by atoms with van der Waals surface area (Å²) in [7, 11) is -2.41. The van der Waals surface area contributed by atoms with Crippen molar-refractivity contribution in [2.24, 2.45) is 0 Å². The minimum absolute atomic E-state index is 0.0749. The first-order chi connectivity index (χ1) is 16.0. The van der Waals surface area contributed by atoms with Crippen LogP contribution in [0.5, 0.6) is 17.2 Å². The first-order valence-electron chi connectivity index (χ1n) is 10.3. The summed E-state index contributed by atoms with van der Waals surface area (Å²) in [6.45, 7) is 0.991. The van der Waals surface area contributed by atoms with Crippen LogP contribution in [0, 0.1) is 0 Å². The van der Waals surface area contributed by atoms with Gasteiger partial charge in [-0.15, -0.1) is 0 Å². The Labute approximate surface area is 195 Å². The third-order valence-electron chi connectivity index (χ3n) is 5.18. The van der Waals surface area contributed by atoms with Crippen LogP contribution in [0.15, 0.2) is 65.7 Å². The second-order valence-electron chi connectivity index (χ2n) is 7.34. The summed E-state index contributed by atoms with van der Waals surface area (Å²) >= 11 is 1.33. The Morgan fingerprint density at radius 3 is 2.70 bits per heavy atom. The number of sulfonamides is 1. The number of rotatable bonds is 6. The highest BCUT2D eigenvalue weighted by Crippen LogP contribution is 2.36. The molecule has 0 spiro atoms. The summed E-state index contributed by atoms with van der Waals surface area (Å²) in [6, 6.07) is 14.8. The van der Waals surface area contributed by atoms with Crippen molar-refractivity contribution in [3.63, 3.8) is 0 Å². The number of benzene rings is 2. The molecule has 1 unspecified atom stereocenters. The second-order valence-corrected chi connectivity index (χ2v) is 10.1. The molecule has 2 aromatic carbocycles. The molecule has 3 heterocycles. The lowest BCUT2D eigenvalue weighted by atomic mass is 10.1. The monoisotopic (exact) mass is 483 g/mol. The van der Waals surface area contributed by atoms with Gasteiger partial charge >= 0.3 is 0 Å². The van der Waals surface area contributed by atoms with Crippen molar-refractivity contribution in [2.45, 2.75) is 17.4 Å². The van der Waals surface area contributed by atoms with Crippen LogP contribution in [0.3, 0.4) is 0 Å². The Kier molecular flexibility index (Phi) is 5.88. The molecule has 2 aromatic heterocycles. The van der Waals surface area contributed by atoms with E-state index in [1.807, 2.05) is 24.3 Å². The van der Waals surface area contributed by atoms with Gasteiger partial charge in [-0.2, -0.15) is 4.72 Å². The van der Waals surface area contributed by atoms with Crippen molar-refractivity contribution in [3.05, 3.63) is 71.4 Å². The number of aromatic nitrogens is 2. The molecule has 0 amide bonds. The van der Waals surface area contributed by atoms with Crippen LogP contribution in [0.4, 0.5) is 0 Å². The third-order valence-corrected chi connectivity index (χ3v) is 7.65. The summed E-state index contributed by atoms with van der Waals surface area (Å²) in [6.07, 6.45) is 2.42. The number of hydrogen-bond donors (Lipinski definition) is 1. The Balaban J connectivity index is 1.57. The number of thiazole rings is 1. The molecular weight excluding hydrogens is 462 g/mol. The first kappa shape index (κ1) is 21.6. The van der Waals surface area contributed by atoms with E-state index in [0.717, 1.165) is 11.3 Å². The molecule has 0 aliphatic carbocycles. The highest BCUT2D eigenvalue weighted by molar-refractivity contribution is 7.89. The average Bonchev–Trinajstić information content (AvgIpc) is 3.12. The zero-order valence-electron chi connectivity index (χ0n) is 17.7. The van der Waals surface area contributed by atoms with Gasteiger partial charge in [-0.3, -0.25) is 0 Å². The van der Waals surface area contributed by atoms with E-state index in [1.54, 1.807) is 31.5 Å². The lowest BCUT2D eigenvalue weighted by Crippen LogP contribution is -2.29. The molecule has 1 N–H and O–H groups in total. The van der Waals surface area contributed by atoms with Crippen LogP contribution in [-0.2, 0) is 10.0 Å². The minimum atomic E-state index is -3.96. The van der Waals surface area contributed by atoms with Gasteiger partial charge in [-0.25, -0.2) is 18.4 Å². The number of ether oxygens (including phenoxy) is 3. The van der Waals surface area contributed by atoms with Gasteiger partial charge < -0.3 is 14.2 Å². The van der Waals surface area contributed by atoms with Crippen molar-refractivity contribution in [1.82, 2.24) is 14.7 Å². The largest absolute Gasteiger partial charge is 0.496 e. The molecule has 4 aromatic rings. The predicted molar refractivity (Wildman–Crippen MR) is 125 cm³/mol. The molecular formula is C23H21N3O5S2. The quantitative estimate of drug-likeness (QED) is 0.444. The normalized spacial score (nSPS) is 14.6. The van der Waals surface area contributed by atoms with Gasteiger partial charge in [0.15, 0.2) is 11.5 Å². The molecule has 0 bridgehead atoms. The molecule has 10 heteroatoms. The van der Waals surface area contributed by atoms with E-state index < -0.39 is 16.1 Å². The zero-order valence-corrected chi connectivity index (χ0v) is 19.4. The van der Waals surface area contributed by atoms with Gasteiger partial charge in [0.25, 0.3) is 0 Å². The van der Waals surface area contributed by atoms with Gasteiger partial charge in [0.2, 0.25) is 10.0 Å². The van der Waals surface area contributed by atoms with Gasteiger partial charge in [0, 0.05) is 24.2 Å². The lowest BCUT2D eigenvalue weighted by molar-refractivity contribution is 0.297. The highest BCUT2D eigenvalue weighted by atomic mass is 32.2. The molecule has 170 valence electrons. The van der Waals surface area contributed by atoms with Crippen LogP contribution in [0.1, 0.15) is 23.0 Å². The number of nitrogens with one attached hydrogen (secondary N) is 1. The standard InChI is InChI=1S/C23H21N3O5S2/c1-29-18-8-3-2-6-16(18)21(23-25-17-7-4-11-24-22(17)32-23)26-33(27,28)15-9-10-19-20(14-15)31-13-5-12-30-19/h2-4,6-11,14,21,26H,5,12-13H2,1H3. The summed E-state index contributed by atoms with van der Waals surface area (Å²) in [4.78, 5) is 9.80. The topological polar surface area (TPSA) is 99.6 Å². The molecule has 0 saturated heterocycles. The Bertz CT molecular complexity index is 1370. The van der Waals surface area contributed by atoms with Crippen molar-refractivity contribution < 1.29 is 22.6 Å². The molecule has 0 saturated carbocycles. The predicted octanol–water partition coefficient (Wildman–Crippen LogP) is 3.93. The van der Waals surface area contributed by atoms with Crippen molar-refractivity contribution in [3.8, 4) is 17.2 Å². The maximum Gasteiger partial charge on any atom is 0.241 e. The Morgan fingerprint density at radius 1 is 1.06 bits per heavy atom. The molecule has 1 aliphatic heterocycles. The van der Waals surface area contributed by atoms with E-state index in [2.05, 4.69) is 14.7 Å². The molecule has 5 rings (SSSR count). The SMILES string of the molecule is COc1ccccc1C(NS(=O)(=O)c1ccc2c(c1)OCCCO2)c1nc2cccnc2s1. The summed E-state index contributed by atoms with van der Waals surface area (Å²) in [5.74, 6) is 1.49. The van der Waals surface area contributed by atoms with Gasteiger partial charge in [-0.1, -0.05) is 29.5 Å². The van der Waals surface area contributed by atoms with Crippen LogP contribution >= 0.6 is 11.3 Å². The van der Waals surface area contributed by atoms with Gasteiger partial charge in [0.1, 0.15) is 27.1 Å². The molecule has 1 aliphatic rings. The summed E-state index contributed by atoms with van der Waals surface area (Å²) in [5, 5.41) is 0.561. The van der Waals surface area contributed by atoms with Crippen molar-refractivity contribution >= 4 is 31.7 Å². The summed E-state index contributed by atoms with van der Waals surface area (Å²) in [5.41, 5.74) is 1.35. The number of methoxy groups -OCH3 is 1. The van der Waals surface area contributed by atoms with E-state index in [4.69, 9.17) is 14.2 Å². The minimum Gasteiger partial charge on any atom is -0.496 e. The zero-order chi connectivity index (χ0) is 22.8. The number of hydrogen-bond acceptors (Lipinski definition) is 8. The van der Waals surface area contributed by atoms with Crippen LogP contribution in [-0.4, -0.2) is 38.7 Å². The van der Waals surface area contributed by atoms with E-state index >= 15 is 0 Å². The third kappa shape index (κ3) is 4.37.